The van der Waals surface area contributed by atoms with Gasteiger partial charge < -0.3 is 4.57 Å². The molecule has 0 saturated heterocycles. The number of fused-ring (bicyclic) bond motifs is 1. The normalized spacial score (nSPS) is 19.0. The standard InChI is InChI=1S/C17H22N2O2S/c1-2-3-14-22(20,21)19-13-12-18-11-7-10-16(18)17(19)15-8-5-4-6-9-15/h4-11,17H,2-3,12-14H2,1H3. The first-order valence-electron chi connectivity index (χ1n) is 7.83. The van der Waals surface area contributed by atoms with Crippen molar-refractivity contribution in [2.45, 2.75) is 32.4 Å². The highest BCUT2D eigenvalue weighted by atomic mass is 32.2. The molecule has 0 amide bonds. The van der Waals surface area contributed by atoms with Gasteiger partial charge in [0.05, 0.1) is 11.8 Å². The van der Waals surface area contributed by atoms with Crippen LogP contribution in [0, 0.1) is 0 Å². The molecule has 22 heavy (non-hydrogen) atoms. The van der Waals surface area contributed by atoms with E-state index in [1.54, 1.807) is 4.31 Å². The average molecular weight is 318 g/mol. The van der Waals surface area contributed by atoms with Gasteiger partial charge in [-0.05, 0) is 24.1 Å². The number of aromatic nitrogens is 1. The van der Waals surface area contributed by atoms with Crippen LogP contribution >= 0.6 is 0 Å². The molecule has 5 heteroatoms. The maximum atomic E-state index is 12.8. The van der Waals surface area contributed by atoms with E-state index in [1.807, 2.05) is 55.6 Å². The second kappa shape index (κ2) is 6.26. The fourth-order valence-electron chi connectivity index (χ4n) is 3.08. The molecule has 1 aliphatic heterocycles. The summed E-state index contributed by atoms with van der Waals surface area (Å²) in [6.45, 7) is 3.27. The summed E-state index contributed by atoms with van der Waals surface area (Å²) in [4.78, 5) is 0. The Morgan fingerprint density at radius 3 is 2.59 bits per heavy atom. The molecule has 1 aliphatic rings. The molecule has 0 fully saturated rings. The van der Waals surface area contributed by atoms with Crippen molar-refractivity contribution < 1.29 is 8.42 Å². The van der Waals surface area contributed by atoms with E-state index in [9.17, 15) is 8.42 Å². The lowest BCUT2D eigenvalue weighted by Crippen LogP contribution is -2.43. The van der Waals surface area contributed by atoms with Gasteiger partial charge in [0, 0.05) is 25.0 Å². The SMILES string of the molecule is CCCCS(=O)(=O)N1CCn2cccc2C1c1ccccc1. The first kappa shape index (κ1) is 15.3. The number of hydrogen-bond acceptors (Lipinski definition) is 2. The molecular formula is C17H22N2O2S. The summed E-state index contributed by atoms with van der Waals surface area (Å²) in [5.41, 5.74) is 2.08. The first-order valence-corrected chi connectivity index (χ1v) is 9.44. The largest absolute Gasteiger partial charge is 0.348 e. The van der Waals surface area contributed by atoms with Crippen LogP contribution in [0.25, 0.3) is 0 Å². The Hall–Kier alpha value is -1.59. The van der Waals surface area contributed by atoms with Crippen molar-refractivity contribution in [3.05, 3.63) is 59.9 Å². The van der Waals surface area contributed by atoms with Gasteiger partial charge in [-0.25, -0.2) is 8.42 Å². The summed E-state index contributed by atoms with van der Waals surface area (Å²) in [5, 5.41) is 0. The zero-order chi connectivity index (χ0) is 15.6. The highest BCUT2D eigenvalue weighted by Gasteiger charge is 2.35. The Kier molecular flexibility index (Phi) is 4.36. The minimum Gasteiger partial charge on any atom is -0.348 e. The molecule has 0 radical (unpaired) electrons. The lowest BCUT2D eigenvalue weighted by molar-refractivity contribution is 0.298. The fraction of sp³-hybridized carbons (Fsp3) is 0.412. The Balaban J connectivity index is 2.03. The minimum absolute atomic E-state index is 0.216. The molecule has 1 aromatic carbocycles. The fourth-order valence-corrected chi connectivity index (χ4v) is 4.88. The number of unbranched alkanes of at least 4 members (excludes halogenated alkanes) is 1. The molecule has 2 aromatic rings. The summed E-state index contributed by atoms with van der Waals surface area (Å²) < 4.78 is 29.4. The Morgan fingerprint density at radius 1 is 1.09 bits per heavy atom. The smallest absolute Gasteiger partial charge is 0.215 e. The van der Waals surface area contributed by atoms with E-state index < -0.39 is 10.0 Å². The van der Waals surface area contributed by atoms with E-state index in [2.05, 4.69) is 4.57 Å². The van der Waals surface area contributed by atoms with Gasteiger partial charge in [-0.1, -0.05) is 43.7 Å². The van der Waals surface area contributed by atoms with E-state index in [1.165, 1.54) is 0 Å². The molecule has 0 saturated carbocycles. The molecule has 118 valence electrons. The van der Waals surface area contributed by atoms with Gasteiger partial charge >= 0.3 is 0 Å². The van der Waals surface area contributed by atoms with Crippen molar-refractivity contribution in [1.82, 2.24) is 8.87 Å². The zero-order valence-corrected chi connectivity index (χ0v) is 13.7. The van der Waals surface area contributed by atoms with Gasteiger partial charge in [-0.2, -0.15) is 4.31 Å². The van der Waals surface area contributed by atoms with Crippen LogP contribution in [-0.2, 0) is 16.6 Å². The van der Waals surface area contributed by atoms with Crippen LogP contribution in [-0.4, -0.2) is 29.6 Å². The number of benzene rings is 1. The van der Waals surface area contributed by atoms with Crippen molar-refractivity contribution in [2.75, 3.05) is 12.3 Å². The topological polar surface area (TPSA) is 42.3 Å². The zero-order valence-electron chi connectivity index (χ0n) is 12.9. The van der Waals surface area contributed by atoms with Gasteiger partial charge in [0.2, 0.25) is 10.0 Å². The van der Waals surface area contributed by atoms with E-state index >= 15 is 0 Å². The van der Waals surface area contributed by atoms with Crippen molar-refractivity contribution in [3.8, 4) is 0 Å². The quantitative estimate of drug-likeness (QED) is 0.850. The molecule has 2 heterocycles. The monoisotopic (exact) mass is 318 g/mol. The molecule has 0 spiro atoms. The number of hydrogen-bond donors (Lipinski definition) is 0. The number of sulfonamides is 1. The second-order valence-electron chi connectivity index (χ2n) is 5.72. The Morgan fingerprint density at radius 2 is 1.86 bits per heavy atom. The lowest BCUT2D eigenvalue weighted by atomic mass is 10.0. The van der Waals surface area contributed by atoms with Crippen molar-refractivity contribution >= 4 is 10.0 Å². The molecule has 0 N–H and O–H groups in total. The third kappa shape index (κ3) is 2.83. The van der Waals surface area contributed by atoms with Crippen LogP contribution < -0.4 is 0 Å². The molecule has 1 aromatic heterocycles. The van der Waals surface area contributed by atoms with Gasteiger partial charge in [0.25, 0.3) is 0 Å². The van der Waals surface area contributed by atoms with Crippen LogP contribution in [0.4, 0.5) is 0 Å². The highest BCUT2D eigenvalue weighted by molar-refractivity contribution is 7.89. The van der Waals surface area contributed by atoms with E-state index in [4.69, 9.17) is 0 Å². The van der Waals surface area contributed by atoms with E-state index in [0.717, 1.165) is 24.2 Å². The molecular weight excluding hydrogens is 296 g/mol. The predicted molar refractivity (Wildman–Crippen MR) is 88.1 cm³/mol. The maximum Gasteiger partial charge on any atom is 0.215 e. The van der Waals surface area contributed by atoms with Crippen LogP contribution in [0.15, 0.2) is 48.7 Å². The third-order valence-corrected chi connectivity index (χ3v) is 6.14. The molecule has 3 rings (SSSR count). The van der Waals surface area contributed by atoms with Gasteiger partial charge in [-0.15, -0.1) is 0 Å². The van der Waals surface area contributed by atoms with Crippen LogP contribution in [0.5, 0.6) is 0 Å². The van der Waals surface area contributed by atoms with Crippen LogP contribution in [0.3, 0.4) is 0 Å². The molecule has 4 nitrogen and oxygen atoms in total. The van der Waals surface area contributed by atoms with Crippen LogP contribution in [0.1, 0.15) is 37.1 Å². The minimum atomic E-state index is -3.24. The average Bonchev–Trinajstić information content (AvgIpc) is 3.01. The van der Waals surface area contributed by atoms with Crippen molar-refractivity contribution in [3.63, 3.8) is 0 Å². The summed E-state index contributed by atoms with van der Waals surface area (Å²) >= 11 is 0. The van der Waals surface area contributed by atoms with Gasteiger partial charge in [0.15, 0.2) is 0 Å². The highest BCUT2D eigenvalue weighted by Crippen LogP contribution is 2.34. The molecule has 0 bridgehead atoms. The number of rotatable bonds is 5. The summed E-state index contributed by atoms with van der Waals surface area (Å²) in [6, 6.07) is 13.7. The van der Waals surface area contributed by atoms with E-state index in [-0.39, 0.29) is 11.8 Å². The third-order valence-electron chi connectivity index (χ3n) is 4.22. The Labute approximate surface area is 132 Å². The summed E-state index contributed by atoms with van der Waals surface area (Å²) in [6.07, 6.45) is 3.63. The maximum absolute atomic E-state index is 12.8. The molecule has 1 unspecified atom stereocenters. The second-order valence-corrected chi connectivity index (χ2v) is 7.76. The molecule has 0 aliphatic carbocycles. The lowest BCUT2D eigenvalue weighted by Gasteiger charge is -2.36. The Bertz CT molecular complexity index is 722. The summed E-state index contributed by atoms with van der Waals surface area (Å²) in [5.74, 6) is 0.230. The predicted octanol–water partition coefficient (Wildman–Crippen LogP) is 3.02. The van der Waals surface area contributed by atoms with E-state index in [0.29, 0.717) is 13.0 Å². The molecule has 1 atom stereocenters. The first-order chi connectivity index (χ1) is 10.6. The van der Waals surface area contributed by atoms with Gasteiger partial charge in [0.1, 0.15) is 0 Å². The van der Waals surface area contributed by atoms with Gasteiger partial charge in [-0.3, -0.25) is 0 Å². The van der Waals surface area contributed by atoms with Crippen LogP contribution in [0.2, 0.25) is 0 Å². The van der Waals surface area contributed by atoms with Crippen molar-refractivity contribution in [1.29, 1.82) is 0 Å². The van der Waals surface area contributed by atoms with Crippen molar-refractivity contribution in [2.24, 2.45) is 0 Å². The number of nitrogens with zero attached hydrogens (tertiary/aromatic N) is 2. The summed E-state index contributed by atoms with van der Waals surface area (Å²) in [7, 11) is -3.24.